The largest absolute Gasteiger partial charge is 0.387 e. The summed E-state index contributed by atoms with van der Waals surface area (Å²) in [6.45, 7) is 0. The molecule has 0 radical (unpaired) electrons. The van der Waals surface area contributed by atoms with Crippen LogP contribution >= 0.6 is 0 Å². The van der Waals surface area contributed by atoms with Crippen LogP contribution in [0.3, 0.4) is 0 Å². The number of hydrogen-bond acceptors (Lipinski definition) is 2. The molecule has 0 saturated heterocycles. The van der Waals surface area contributed by atoms with Crippen LogP contribution in [0.5, 0.6) is 0 Å². The number of nitrogens with zero attached hydrogens (tertiary/aromatic N) is 1. The highest BCUT2D eigenvalue weighted by atomic mass is 19.1. The second-order valence-corrected chi connectivity index (χ2v) is 2.79. The average Bonchev–Trinajstić information content (AvgIpc) is 2.18. The van der Waals surface area contributed by atoms with E-state index in [0.717, 1.165) is 11.1 Å². The Kier molecular flexibility index (Phi) is 1.85. The minimum absolute atomic E-state index is 0.278. The first kappa shape index (κ1) is 7.98. The number of benzene rings is 1. The van der Waals surface area contributed by atoms with E-state index in [1.54, 1.807) is 12.3 Å². The predicted molar refractivity (Wildman–Crippen MR) is 51.2 cm³/mol. The van der Waals surface area contributed by atoms with Crippen LogP contribution in [-0.2, 0) is 0 Å². The fourth-order valence-electron chi connectivity index (χ4n) is 1.26. The molecule has 2 rings (SSSR count). The molecule has 1 N–H and O–H groups in total. The van der Waals surface area contributed by atoms with E-state index in [1.807, 2.05) is 19.2 Å². The van der Waals surface area contributed by atoms with Gasteiger partial charge in [0.1, 0.15) is 11.3 Å². The van der Waals surface area contributed by atoms with Gasteiger partial charge in [-0.05, 0) is 12.1 Å². The standard InChI is InChI=1S/C10H9FN2/c1-12-8-5-7-3-2-4-9(11)10(7)13-6-8/h2-6,12H,1H3. The molecule has 0 spiro atoms. The normalized spacial score (nSPS) is 10.3. The Hall–Kier alpha value is -1.64. The number of anilines is 1. The predicted octanol–water partition coefficient (Wildman–Crippen LogP) is 2.42. The molecule has 0 aliphatic heterocycles. The molecule has 1 heterocycles. The third kappa shape index (κ3) is 1.33. The minimum Gasteiger partial charge on any atom is -0.387 e. The molecule has 0 amide bonds. The second kappa shape index (κ2) is 3.01. The fourth-order valence-corrected chi connectivity index (χ4v) is 1.26. The van der Waals surface area contributed by atoms with Crippen molar-refractivity contribution in [2.45, 2.75) is 0 Å². The van der Waals surface area contributed by atoms with Crippen molar-refractivity contribution in [2.24, 2.45) is 0 Å². The van der Waals surface area contributed by atoms with Gasteiger partial charge in [-0.25, -0.2) is 4.39 Å². The number of halogens is 1. The maximum atomic E-state index is 13.1. The summed E-state index contributed by atoms with van der Waals surface area (Å²) in [7, 11) is 1.81. The number of aromatic nitrogens is 1. The Morgan fingerprint density at radius 3 is 3.00 bits per heavy atom. The summed E-state index contributed by atoms with van der Waals surface area (Å²) in [6, 6.07) is 6.80. The van der Waals surface area contributed by atoms with Crippen LogP contribution in [0.4, 0.5) is 10.1 Å². The molecule has 1 aromatic carbocycles. The first-order valence-corrected chi connectivity index (χ1v) is 4.03. The van der Waals surface area contributed by atoms with Gasteiger partial charge in [-0.1, -0.05) is 12.1 Å². The van der Waals surface area contributed by atoms with E-state index >= 15 is 0 Å². The van der Waals surface area contributed by atoms with Crippen molar-refractivity contribution in [1.29, 1.82) is 0 Å². The summed E-state index contributed by atoms with van der Waals surface area (Å²) in [5, 5.41) is 3.77. The molecule has 0 aliphatic carbocycles. The summed E-state index contributed by atoms with van der Waals surface area (Å²) in [5.74, 6) is -0.278. The zero-order valence-electron chi connectivity index (χ0n) is 7.21. The summed E-state index contributed by atoms with van der Waals surface area (Å²) in [6.07, 6.45) is 1.62. The van der Waals surface area contributed by atoms with E-state index in [9.17, 15) is 4.39 Å². The lowest BCUT2D eigenvalue weighted by Gasteiger charge is -2.01. The van der Waals surface area contributed by atoms with Crippen molar-refractivity contribution < 1.29 is 4.39 Å². The first-order chi connectivity index (χ1) is 6.31. The van der Waals surface area contributed by atoms with Crippen LogP contribution < -0.4 is 5.32 Å². The highest BCUT2D eigenvalue weighted by molar-refractivity contribution is 5.81. The van der Waals surface area contributed by atoms with E-state index in [2.05, 4.69) is 10.3 Å². The van der Waals surface area contributed by atoms with Crippen LogP contribution in [0.25, 0.3) is 10.9 Å². The van der Waals surface area contributed by atoms with E-state index in [4.69, 9.17) is 0 Å². The lowest BCUT2D eigenvalue weighted by atomic mass is 10.2. The summed E-state index contributed by atoms with van der Waals surface area (Å²) in [5.41, 5.74) is 1.31. The number of rotatable bonds is 1. The zero-order valence-corrected chi connectivity index (χ0v) is 7.21. The third-order valence-corrected chi connectivity index (χ3v) is 1.95. The number of para-hydroxylation sites is 1. The summed E-state index contributed by atoms with van der Waals surface area (Å²) in [4.78, 5) is 4.01. The van der Waals surface area contributed by atoms with Crippen molar-refractivity contribution in [2.75, 3.05) is 12.4 Å². The highest BCUT2D eigenvalue weighted by Gasteiger charge is 2.00. The van der Waals surface area contributed by atoms with Gasteiger partial charge in [0, 0.05) is 12.4 Å². The molecule has 2 nitrogen and oxygen atoms in total. The Bertz CT molecular complexity index is 440. The average molecular weight is 176 g/mol. The second-order valence-electron chi connectivity index (χ2n) is 2.79. The maximum Gasteiger partial charge on any atom is 0.149 e. The molecule has 3 heteroatoms. The number of fused-ring (bicyclic) bond motifs is 1. The zero-order chi connectivity index (χ0) is 9.26. The summed E-state index contributed by atoms with van der Waals surface area (Å²) >= 11 is 0. The van der Waals surface area contributed by atoms with E-state index in [-0.39, 0.29) is 5.82 Å². The highest BCUT2D eigenvalue weighted by Crippen LogP contribution is 2.18. The van der Waals surface area contributed by atoms with Gasteiger partial charge < -0.3 is 5.32 Å². The van der Waals surface area contributed by atoms with E-state index < -0.39 is 0 Å². The van der Waals surface area contributed by atoms with Gasteiger partial charge >= 0.3 is 0 Å². The molecule has 0 saturated carbocycles. The van der Waals surface area contributed by atoms with Crippen molar-refractivity contribution in [1.82, 2.24) is 4.98 Å². The summed E-state index contributed by atoms with van der Waals surface area (Å²) < 4.78 is 13.1. The first-order valence-electron chi connectivity index (χ1n) is 4.03. The monoisotopic (exact) mass is 176 g/mol. The number of pyridine rings is 1. The molecule has 2 aromatic rings. The van der Waals surface area contributed by atoms with Gasteiger partial charge in [-0.3, -0.25) is 4.98 Å². The van der Waals surface area contributed by atoms with Gasteiger partial charge in [0.05, 0.1) is 11.9 Å². The van der Waals surface area contributed by atoms with Crippen molar-refractivity contribution >= 4 is 16.6 Å². The molecule has 66 valence electrons. The lowest BCUT2D eigenvalue weighted by molar-refractivity contribution is 0.637. The molecule has 0 fully saturated rings. The van der Waals surface area contributed by atoms with Crippen molar-refractivity contribution in [3.05, 3.63) is 36.3 Å². The SMILES string of the molecule is CNc1cnc2c(F)cccc2c1. The van der Waals surface area contributed by atoms with Gasteiger partial charge in [-0.2, -0.15) is 0 Å². The Morgan fingerprint density at radius 1 is 1.38 bits per heavy atom. The van der Waals surface area contributed by atoms with E-state index in [0.29, 0.717) is 5.52 Å². The molecule has 1 aromatic heterocycles. The topological polar surface area (TPSA) is 24.9 Å². The molecular formula is C10H9FN2. The van der Waals surface area contributed by atoms with Crippen LogP contribution in [0.2, 0.25) is 0 Å². The minimum atomic E-state index is -0.278. The third-order valence-electron chi connectivity index (χ3n) is 1.95. The fraction of sp³-hybridized carbons (Fsp3) is 0.100. The van der Waals surface area contributed by atoms with Crippen LogP contribution in [-0.4, -0.2) is 12.0 Å². The smallest absolute Gasteiger partial charge is 0.149 e. The van der Waals surface area contributed by atoms with Gasteiger partial charge in [0.15, 0.2) is 0 Å². The van der Waals surface area contributed by atoms with Gasteiger partial charge in [0.25, 0.3) is 0 Å². The van der Waals surface area contributed by atoms with Crippen molar-refractivity contribution in [3.8, 4) is 0 Å². The Balaban J connectivity index is 2.72. The number of nitrogens with one attached hydrogen (secondary N) is 1. The molecule has 0 atom stereocenters. The Labute approximate surface area is 75.4 Å². The lowest BCUT2D eigenvalue weighted by Crippen LogP contribution is -1.90. The van der Waals surface area contributed by atoms with Crippen LogP contribution in [0.1, 0.15) is 0 Å². The van der Waals surface area contributed by atoms with E-state index in [1.165, 1.54) is 6.07 Å². The molecular weight excluding hydrogens is 167 g/mol. The quantitative estimate of drug-likeness (QED) is 0.721. The Morgan fingerprint density at radius 2 is 2.23 bits per heavy atom. The maximum absolute atomic E-state index is 13.1. The molecule has 0 aliphatic rings. The van der Waals surface area contributed by atoms with Gasteiger partial charge in [-0.15, -0.1) is 0 Å². The molecule has 0 unspecified atom stereocenters. The molecule has 13 heavy (non-hydrogen) atoms. The molecule has 0 bridgehead atoms. The van der Waals surface area contributed by atoms with Crippen LogP contribution in [0, 0.1) is 5.82 Å². The number of hydrogen-bond donors (Lipinski definition) is 1. The van der Waals surface area contributed by atoms with Gasteiger partial charge in [0.2, 0.25) is 0 Å². The van der Waals surface area contributed by atoms with Crippen molar-refractivity contribution in [3.63, 3.8) is 0 Å². The van der Waals surface area contributed by atoms with Crippen LogP contribution in [0.15, 0.2) is 30.5 Å².